The van der Waals surface area contributed by atoms with Crippen LogP contribution >= 0.6 is 0 Å². The first kappa shape index (κ1) is 29.6. The fourth-order valence-electron chi connectivity index (χ4n) is 8.44. The van der Waals surface area contributed by atoms with Gasteiger partial charge in [0, 0.05) is 39.2 Å². The number of fused-ring (bicyclic) bond motifs is 4. The van der Waals surface area contributed by atoms with Crippen LogP contribution in [0, 0.1) is 0 Å². The van der Waals surface area contributed by atoms with E-state index in [1.807, 2.05) is 0 Å². The van der Waals surface area contributed by atoms with Crippen LogP contribution in [0.2, 0.25) is 0 Å². The maximum absolute atomic E-state index is 2.47. The van der Waals surface area contributed by atoms with E-state index in [1.54, 1.807) is 0 Å². The number of aromatic nitrogens is 1. The van der Waals surface area contributed by atoms with E-state index in [4.69, 9.17) is 0 Å². The van der Waals surface area contributed by atoms with Crippen molar-refractivity contribution in [2.24, 2.45) is 0 Å². The molecule has 3 heteroatoms. The third-order valence-corrected chi connectivity index (χ3v) is 10.8. The van der Waals surface area contributed by atoms with Gasteiger partial charge in [-0.1, -0.05) is 121 Å². The van der Waals surface area contributed by atoms with E-state index in [-0.39, 0.29) is 0 Å². The summed E-state index contributed by atoms with van der Waals surface area (Å²) in [7, 11) is 0. The first-order chi connectivity index (χ1) is 26.3. The molecular formula is C50H33N3. The Hall–Kier alpha value is -7.10. The summed E-state index contributed by atoms with van der Waals surface area (Å²) in [6.07, 6.45) is 0. The van der Waals surface area contributed by atoms with E-state index >= 15 is 0 Å². The minimum Gasteiger partial charge on any atom is -0.310 e. The molecule has 2 heterocycles. The topological polar surface area (TPSA) is 11.4 Å². The van der Waals surface area contributed by atoms with Crippen LogP contribution in [0.1, 0.15) is 0 Å². The zero-order valence-electron chi connectivity index (χ0n) is 28.9. The van der Waals surface area contributed by atoms with Crippen molar-refractivity contribution >= 4 is 77.5 Å². The van der Waals surface area contributed by atoms with Gasteiger partial charge < -0.3 is 14.4 Å². The van der Waals surface area contributed by atoms with Crippen LogP contribution in [0.25, 0.3) is 60.2 Å². The van der Waals surface area contributed by atoms with Gasteiger partial charge >= 0.3 is 0 Å². The Labute approximate surface area is 307 Å². The second-order valence-electron chi connectivity index (χ2n) is 13.9. The molecular weight excluding hydrogens is 643 g/mol. The van der Waals surface area contributed by atoms with Gasteiger partial charge in [-0.15, -0.1) is 0 Å². The molecule has 2 bridgehead atoms. The first-order valence-corrected chi connectivity index (χ1v) is 18.2. The monoisotopic (exact) mass is 675 g/mol. The van der Waals surface area contributed by atoms with E-state index < -0.39 is 0 Å². The minimum absolute atomic E-state index is 1.10. The third-order valence-electron chi connectivity index (χ3n) is 10.8. The first-order valence-electron chi connectivity index (χ1n) is 18.2. The fraction of sp³-hybridized carbons (Fsp3) is 0. The molecule has 11 rings (SSSR count). The fourth-order valence-corrected chi connectivity index (χ4v) is 8.44. The molecule has 0 spiro atoms. The number of benzene rings is 9. The lowest BCUT2D eigenvalue weighted by Crippen LogP contribution is -2.13. The number of rotatable bonds is 4. The van der Waals surface area contributed by atoms with Crippen molar-refractivity contribution in [2.75, 3.05) is 9.80 Å². The average molecular weight is 676 g/mol. The average Bonchev–Trinajstić information content (AvgIpc) is 3.58. The summed E-state index contributed by atoms with van der Waals surface area (Å²) in [5, 5.41) is 7.29. The Morgan fingerprint density at radius 2 is 0.736 bits per heavy atom. The number of nitrogens with zero attached hydrogens (tertiary/aromatic N) is 3. The zero-order chi connectivity index (χ0) is 34.9. The molecule has 1 aromatic heterocycles. The van der Waals surface area contributed by atoms with Gasteiger partial charge in [-0.3, -0.25) is 0 Å². The van der Waals surface area contributed by atoms with Crippen LogP contribution in [0.4, 0.5) is 34.1 Å². The molecule has 53 heavy (non-hydrogen) atoms. The zero-order valence-corrected chi connectivity index (χ0v) is 28.9. The summed E-state index contributed by atoms with van der Waals surface area (Å²) >= 11 is 0. The molecule has 0 unspecified atom stereocenters. The molecule has 0 fully saturated rings. The Morgan fingerprint density at radius 3 is 1.26 bits per heavy atom. The van der Waals surface area contributed by atoms with Gasteiger partial charge in [-0.05, 0) is 112 Å². The molecule has 1 aliphatic rings. The Balaban J connectivity index is 1.32. The second-order valence-corrected chi connectivity index (χ2v) is 13.9. The number of hydrogen-bond donors (Lipinski definition) is 0. The molecule has 9 aromatic carbocycles. The Kier molecular flexibility index (Phi) is 6.55. The van der Waals surface area contributed by atoms with Crippen LogP contribution in [-0.4, -0.2) is 4.57 Å². The summed E-state index contributed by atoms with van der Waals surface area (Å²) in [4.78, 5) is 4.94. The van der Waals surface area contributed by atoms with Crippen molar-refractivity contribution in [3.8, 4) is 16.8 Å². The summed E-state index contributed by atoms with van der Waals surface area (Å²) in [6.45, 7) is 0. The number of para-hydroxylation sites is 1. The lowest BCUT2D eigenvalue weighted by atomic mass is 10.0. The minimum atomic E-state index is 1.10. The summed E-state index contributed by atoms with van der Waals surface area (Å²) in [6, 6.07) is 73.1. The molecule has 0 saturated carbocycles. The molecule has 10 aromatic rings. The number of hydrogen-bond acceptors (Lipinski definition) is 2. The molecule has 0 amide bonds. The third kappa shape index (κ3) is 4.68. The van der Waals surface area contributed by atoms with E-state index in [0.717, 1.165) is 45.4 Å². The highest BCUT2D eigenvalue weighted by Gasteiger charge is 2.28. The van der Waals surface area contributed by atoms with Crippen molar-refractivity contribution in [1.29, 1.82) is 0 Å². The molecule has 3 nitrogen and oxygen atoms in total. The SMILES string of the molecule is c1ccc(-c2cc3cc(c2)N(c2ccc4ccccc4c2)c2cccc4c2c2c(cccc2n4-c2ccccc2)N3c2ccc3ccccc3c2)cc1. The summed E-state index contributed by atoms with van der Waals surface area (Å²) < 4.78 is 2.43. The molecule has 0 aliphatic carbocycles. The van der Waals surface area contributed by atoms with E-state index in [9.17, 15) is 0 Å². The molecule has 248 valence electrons. The van der Waals surface area contributed by atoms with E-state index in [1.165, 1.54) is 48.9 Å². The highest BCUT2D eigenvalue weighted by Crippen LogP contribution is 2.52. The predicted molar refractivity (Wildman–Crippen MR) is 224 cm³/mol. The van der Waals surface area contributed by atoms with Crippen LogP contribution in [-0.2, 0) is 0 Å². The molecule has 0 N–H and O–H groups in total. The highest BCUT2D eigenvalue weighted by molar-refractivity contribution is 6.22. The maximum Gasteiger partial charge on any atom is 0.0563 e. The van der Waals surface area contributed by atoms with Gasteiger partial charge in [-0.25, -0.2) is 0 Å². The van der Waals surface area contributed by atoms with Crippen LogP contribution in [0.5, 0.6) is 0 Å². The van der Waals surface area contributed by atoms with E-state index in [2.05, 4.69) is 215 Å². The van der Waals surface area contributed by atoms with Gasteiger partial charge in [0.2, 0.25) is 0 Å². The van der Waals surface area contributed by atoms with Crippen LogP contribution in [0.15, 0.2) is 200 Å². The number of anilines is 6. The van der Waals surface area contributed by atoms with Gasteiger partial charge in [0.15, 0.2) is 0 Å². The normalized spacial score (nSPS) is 12.5. The van der Waals surface area contributed by atoms with Crippen molar-refractivity contribution in [3.63, 3.8) is 0 Å². The van der Waals surface area contributed by atoms with Crippen LogP contribution < -0.4 is 9.80 Å². The molecule has 0 saturated heterocycles. The van der Waals surface area contributed by atoms with Gasteiger partial charge in [-0.2, -0.15) is 0 Å². The largest absolute Gasteiger partial charge is 0.310 e. The molecule has 0 radical (unpaired) electrons. The van der Waals surface area contributed by atoms with E-state index in [0.29, 0.717) is 0 Å². The van der Waals surface area contributed by atoms with Crippen LogP contribution in [0.3, 0.4) is 0 Å². The predicted octanol–water partition coefficient (Wildman–Crippen LogP) is 14.0. The lowest BCUT2D eigenvalue weighted by molar-refractivity contribution is 1.18. The molecule has 0 atom stereocenters. The summed E-state index contributed by atoms with van der Waals surface area (Å²) in [5.41, 5.74) is 12.5. The van der Waals surface area contributed by atoms with Crippen molar-refractivity contribution in [3.05, 3.63) is 200 Å². The second kappa shape index (κ2) is 11.7. The lowest BCUT2D eigenvalue weighted by Gasteiger charge is -2.29. The van der Waals surface area contributed by atoms with Gasteiger partial charge in [0.05, 0.1) is 22.4 Å². The van der Waals surface area contributed by atoms with Crippen molar-refractivity contribution in [1.82, 2.24) is 4.57 Å². The Morgan fingerprint density at radius 1 is 0.264 bits per heavy atom. The molecule has 1 aliphatic heterocycles. The van der Waals surface area contributed by atoms with Crippen molar-refractivity contribution in [2.45, 2.75) is 0 Å². The standard InChI is InChI=1S/C50H33N3/c1-3-13-34(14-4-1)39-31-43-33-44(32-39)52(42-28-26-36-16-8-10-18-38(36)30-42)46-22-12-24-48-50(46)49-45(21-11-23-47(49)53(48)40-19-5-2-6-20-40)51(43)41-27-25-35-15-7-9-17-37(35)29-41/h1-33H. The maximum atomic E-state index is 2.47. The summed E-state index contributed by atoms with van der Waals surface area (Å²) in [5.74, 6) is 0. The smallest absolute Gasteiger partial charge is 0.0563 e. The quantitative estimate of drug-likeness (QED) is 0.184. The van der Waals surface area contributed by atoms with Gasteiger partial charge in [0.1, 0.15) is 0 Å². The van der Waals surface area contributed by atoms with Crippen molar-refractivity contribution < 1.29 is 0 Å². The highest BCUT2D eigenvalue weighted by atomic mass is 15.2. The Bertz CT molecular complexity index is 2850. The van der Waals surface area contributed by atoms with Gasteiger partial charge in [0.25, 0.3) is 0 Å².